The van der Waals surface area contributed by atoms with E-state index in [1.165, 1.54) is 5.56 Å². The molecule has 0 radical (unpaired) electrons. The fraction of sp³-hybridized carbons (Fsp3) is 0.333. The third-order valence-electron chi connectivity index (χ3n) is 4.12. The van der Waals surface area contributed by atoms with Crippen LogP contribution in [0.2, 0.25) is 0 Å². The lowest BCUT2D eigenvalue weighted by molar-refractivity contribution is 0.0546. The highest BCUT2D eigenvalue weighted by atomic mass is 16.3. The molecule has 1 fully saturated rings. The van der Waals surface area contributed by atoms with Gasteiger partial charge >= 0.3 is 0 Å². The number of hydrogen-bond acceptors (Lipinski definition) is 3. The van der Waals surface area contributed by atoms with Crippen LogP contribution in [0.4, 0.5) is 0 Å². The first-order valence-corrected chi connectivity index (χ1v) is 7.63. The summed E-state index contributed by atoms with van der Waals surface area (Å²) in [5, 5.41) is 9.54. The van der Waals surface area contributed by atoms with Crippen molar-refractivity contribution in [3.63, 3.8) is 0 Å². The SMILES string of the molecule is Cc1ccc(-c2cncc(C(=O)N3CCC(O)CC3)c2)cc1. The Labute approximate surface area is 130 Å². The lowest BCUT2D eigenvalue weighted by atomic mass is 10.0. The zero-order valence-electron chi connectivity index (χ0n) is 12.7. The number of aliphatic hydroxyl groups excluding tert-OH is 1. The minimum Gasteiger partial charge on any atom is -0.393 e. The second-order valence-corrected chi connectivity index (χ2v) is 5.85. The molecule has 1 aliphatic heterocycles. The molecule has 4 nitrogen and oxygen atoms in total. The predicted octanol–water partition coefficient (Wildman–Crippen LogP) is 2.65. The normalized spacial score (nSPS) is 15.8. The Morgan fingerprint density at radius 3 is 2.50 bits per heavy atom. The van der Waals surface area contributed by atoms with Crippen LogP contribution in [0.3, 0.4) is 0 Å². The van der Waals surface area contributed by atoms with Crippen molar-refractivity contribution in [3.05, 3.63) is 53.9 Å². The number of carbonyl (C=O) groups is 1. The summed E-state index contributed by atoms with van der Waals surface area (Å²) in [6.45, 7) is 3.26. The first kappa shape index (κ1) is 14.7. The topological polar surface area (TPSA) is 53.4 Å². The number of amides is 1. The van der Waals surface area contributed by atoms with Gasteiger partial charge in [0.1, 0.15) is 0 Å². The number of aryl methyl sites for hydroxylation is 1. The molecule has 1 N–H and O–H groups in total. The van der Waals surface area contributed by atoms with E-state index in [-0.39, 0.29) is 12.0 Å². The summed E-state index contributed by atoms with van der Waals surface area (Å²) in [4.78, 5) is 18.6. The number of nitrogens with zero attached hydrogens (tertiary/aromatic N) is 2. The van der Waals surface area contributed by atoms with Crippen molar-refractivity contribution >= 4 is 5.91 Å². The van der Waals surface area contributed by atoms with Crippen LogP contribution < -0.4 is 0 Å². The standard InChI is InChI=1S/C18H20N2O2/c1-13-2-4-14(5-3-13)15-10-16(12-19-11-15)18(22)20-8-6-17(21)7-9-20/h2-5,10-12,17,21H,6-9H2,1H3. The van der Waals surface area contributed by atoms with Gasteiger partial charge in [-0.1, -0.05) is 29.8 Å². The molecule has 2 aromatic rings. The summed E-state index contributed by atoms with van der Waals surface area (Å²) in [5.41, 5.74) is 3.81. The van der Waals surface area contributed by atoms with Crippen LogP contribution in [-0.2, 0) is 0 Å². The molecule has 0 spiro atoms. The minimum absolute atomic E-state index is 0.00615. The third-order valence-corrected chi connectivity index (χ3v) is 4.12. The maximum absolute atomic E-state index is 12.5. The van der Waals surface area contributed by atoms with Gasteiger partial charge in [0.05, 0.1) is 11.7 Å². The van der Waals surface area contributed by atoms with Gasteiger partial charge in [-0.3, -0.25) is 9.78 Å². The summed E-state index contributed by atoms with van der Waals surface area (Å²) >= 11 is 0. The molecule has 4 heteroatoms. The van der Waals surface area contributed by atoms with Crippen molar-refractivity contribution in [2.24, 2.45) is 0 Å². The van der Waals surface area contributed by atoms with Crippen LogP contribution in [-0.4, -0.2) is 40.1 Å². The van der Waals surface area contributed by atoms with Crippen LogP contribution in [0.25, 0.3) is 11.1 Å². The number of aromatic nitrogens is 1. The highest BCUT2D eigenvalue weighted by Crippen LogP contribution is 2.21. The molecule has 0 atom stereocenters. The number of likely N-dealkylation sites (tertiary alicyclic amines) is 1. The van der Waals surface area contributed by atoms with Crippen molar-refractivity contribution in [2.75, 3.05) is 13.1 Å². The van der Waals surface area contributed by atoms with Gasteiger partial charge in [0, 0.05) is 31.0 Å². The van der Waals surface area contributed by atoms with E-state index >= 15 is 0 Å². The number of rotatable bonds is 2. The van der Waals surface area contributed by atoms with Crippen LogP contribution in [0.1, 0.15) is 28.8 Å². The van der Waals surface area contributed by atoms with Gasteiger partial charge in [0.15, 0.2) is 0 Å². The molecule has 1 aliphatic rings. The molecule has 0 aliphatic carbocycles. The molecular weight excluding hydrogens is 276 g/mol. The van der Waals surface area contributed by atoms with Crippen LogP contribution in [0, 0.1) is 6.92 Å². The zero-order valence-corrected chi connectivity index (χ0v) is 12.7. The number of pyridine rings is 1. The van der Waals surface area contributed by atoms with Gasteiger partial charge in [-0.2, -0.15) is 0 Å². The first-order chi connectivity index (χ1) is 10.6. The second-order valence-electron chi connectivity index (χ2n) is 5.85. The molecule has 114 valence electrons. The van der Waals surface area contributed by atoms with Crippen molar-refractivity contribution in [2.45, 2.75) is 25.9 Å². The molecular formula is C18H20N2O2. The lowest BCUT2D eigenvalue weighted by Gasteiger charge is -2.29. The van der Waals surface area contributed by atoms with Gasteiger partial charge in [-0.05, 0) is 31.4 Å². The molecule has 2 heterocycles. The number of piperidine rings is 1. The highest BCUT2D eigenvalue weighted by Gasteiger charge is 2.22. The quantitative estimate of drug-likeness (QED) is 0.927. The molecule has 22 heavy (non-hydrogen) atoms. The van der Waals surface area contributed by atoms with Gasteiger partial charge in [-0.25, -0.2) is 0 Å². The predicted molar refractivity (Wildman–Crippen MR) is 85.6 cm³/mol. The first-order valence-electron chi connectivity index (χ1n) is 7.63. The number of benzene rings is 1. The van der Waals surface area contributed by atoms with Gasteiger partial charge in [0.2, 0.25) is 0 Å². The Morgan fingerprint density at radius 1 is 1.14 bits per heavy atom. The second kappa shape index (κ2) is 6.28. The number of hydrogen-bond donors (Lipinski definition) is 1. The monoisotopic (exact) mass is 296 g/mol. The molecule has 0 unspecified atom stereocenters. The molecule has 3 rings (SSSR count). The van der Waals surface area contributed by atoms with Gasteiger partial charge in [0.25, 0.3) is 5.91 Å². The Morgan fingerprint density at radius 2 is 1.82 bits per heavy atom. The maximum atomic E-state index is 12.5. The molecule has 1 aromatic carbocycles. The maximum Gasteiger partial charge on any atom is 0.255 e. The van der Waals surface area contributed by atoms with E-state index in [0.717, 1.165) is 11.1 Å². The van der Waals surface area contributed by atoms with Gasteiger partial charge in [-0.15, -0.1) is 0 Å². The van der Waals surface area contributed by atoms with Crippen LogP contribution >= 0.6 is 0 Å². The van der Waals surface area contributed by atoms with Gasteiger partial charge < -0.3 is 10.0 Å². The van der Waals surface area contributed by atoms with Crippen molar-refractivity contribution < 1.29 is 9.90 Å². The van der Waals surface area contributed by atoms with Crippen LogP contribution in [0.15, 0.2) is 42.7 Å². The Balaban J connectivity index is 1.81. The lowest BCUT2D eigenvalue weighted by Crippen LogP contribution is -2.40. The fourth-order valence-electron chi connectivity index (χ4n) is 2.71. The molecule has 1 saturated heterocycles. The van der Waals surface area contributed by atoms with Crippen molar-refractivity contribution in [1.82, 2.24) is 9.88 Å². The van der Waals surface area contributed by atoms with E-state index in [0.29, 0.717) is 31.5 Å². The number of carbonyl (C=O) groups excluding carboxylic acids is 1. The van der Waals surface area contributed by atoms with Crippen molar-refractivity contribution in [3.8, 4) is 11.1 Å². The van der Waals surface area contributed by atoms with E-state index in [1.54, 1.807) is 17.3 Å². The van der Waals surface area contributed by atoms with E-state index in [4.69, 9.17) is 0 Å². The van der Waals surface area contributed by atoms with E-state index < -0.39 is 0 Å². The average molecular weight is 296 g/mol. The Bertz CT molecular complexity index is 659. The smallest absolute Gasteiger partial charge is 0.255 e. The Kier molecular flexibility index (Phi) is 4.20. The summed E-state index contributed by atoms with van der Waals surface area (Å²) < 4.78 is 0. The van der Waals surface area contributed by atoms with E-state index in [1.807, 2.05) is 25.1 Å². The minimum atomic E-state index is -0.277. The summed E-state index contributed by atoms with van der Waals surface area (Å²) in [5.74, 6) is -0.00615. The van der Waals surface area contributed by atoms with Crippen LogP contribution in [0.5, 0.6) is 0 Å². The van der Waals surface area contributed by atoms with Crippen molar-refractivity contribution in [1.29, 1.82) is 0 Å². The molecule has 0 saturated carbocycles. The molecule has 0 bridgehead atoms. The Hall–Kier alpha value is -2.20. The highest BCUT2D eigenvalue weighted by molar-refractivity contribution is 5.95. The molecule has 1 aromatic heterocycles. The fourth-order valence-corrected chi connectivity index (χ4v) is 2.71. The van der Waals surface area contributed by atoms with E-state index in [9.17, 15) is 9.90 Å². The third kappa shape index (κ3) is 3.17. The molecule has 1 amide bonds. The largest absolute Gasteiger partial charge is 0.393 e. The number of aliphatic hydroxyl groups is 1. The summed E-state index contributed by atoms with van der Waals surface area (Å²) in [6, 6.07) is 10.1. The van der Waals surface area contributed by atoms with E-state index in [2.05, 4.69) is 17.1 Å². The zero-order chi connectivity index (χ0) is 15.5. The average Bonchev–Trinajstić information content (AvgIpc) is 2.56. The summed E-state index contributed by atoms with van der Waals surface area (Å²) in [6.07, 6.45) is 4.42. The summed E-state index contributed by atoms with van der Waals surface area (Å²) in [7, 11) is 0.